The molecule has 2 saturated heterocycles. The normalized spacial score (nSPS) is 20.5. The quantitative estimate of drug-likeness (QED) is 0.644. The van der Waals surface area contributed by atoms with Crippen molar-refractivity contribution in [2.45, 2.75) is 44.7 Å². The van der Waals surface area contributed by atoms with Crippen LogP contribution < -0.4 is 10.2 Å². The molecule has 8 nitrogen and oxygen atoms in total. The van der Waals surface area contributed by atoms with E-state index in [-0.39, 0.29) is 11.8 Å². The topological polar surface area (TPSA) is 78.7 Å². The first-order chi connectivity index (χ1) is 15.8. The number of fused-ring (bicyclic) bond motifs is 1. The zero-order valence-electron chi connectivity index (χ0n) is 18.4. The molecule has 8 heteroatoms. The molecule has 168 valence electrons. The minimum atomic E-state index is 0.0797. The van der Waals surface area contributed by atoms with Gasteiger partial charge in [-0.1, -0.05) is 36.8 Å². The Morgan fingerprint density at radius 2 is 1.84 bits per heavy atom. The van der Waals surface area contributed by atoms with Crippen LogP contribution in [0.1, 0.15) is 37.7 Å². The first kappa shape index (κ1) is 20.9. The fraction of sp³-hybridized carbons (Fsp3) is 0.500. The molecule has 4 heterocycles. The Balaban J connectivity index is 1.12. The molecular weight excluding hydrogens is 402 g/mol. The van der Waals surface area contributed by atoms with Crippen molar-refractivity contribution in [1.82, 2.24) is 30.0 Å². The van der Waals surface area contributed by atoms with Gasteiger partial charge in [0, 0.05) is 38.1 Å². The van der Waals surface area contributed by atoms with Crippen molar-refractivity contribution in [1.29, 1.82) is 0 Å². The van der Waals surface area contributed by atoms with E-state index in [2.05, 4.69) is 60.7 Å². The molecule has 0 aliphatic carbocycles. The Morgan fingerprint density at radius 1 is 1.00 bits per heavy atom. The van der Waals surface area contributed by atoms with Gasteiger partial charge >= 0.3 is 0 Å². The largest absolute Gasteiger partial charge is 0.355 e. The first-order valence-electron chi connectivity index (χ1n) is 11.7. The number of carbonyl (C=O) groups excluding carboxylic acids is 1. The Labute approximate surface area is 188 Å². The van der Waals surface area contributed by atoms with Crippen LogP contribution in [0, 0.1) is 5.92 Å². The van der Waals surface area contributed by atoms with Gasteiger partial charge in [-0.25, -0.2) is 0 Å². The molecule has 2 fully saturated rings. The van der Waals surface area contributed by atoms with Gasteiger partial charge in [-0.2, -0.15) is 4.52 Å². The molecule has 1 N–H and O–H groups in total. The lowest BCUT2D eigenvalue weighted by Crippen LogP contribution is -2.48. The third-order valence-electron chi connectivity index (χ3n) is 6.83. The molecule has 3 aromatic rings. The molecule has 0 spiro atoms. The van der Waals surface area contributed by atoms with Gasteiger partial charge in [0.05, 0.1) is 0 Å². The molecule has 1 aromatic carbocycles. The van der Waals surface area contributed by atoms with Gasteiger partial charge in [0.15, 0.2) is 5.65 Å². The second kappa shape index (κ2) is 9.65. The molecule has 0 bridgehead atoms. The second-order valence-electron chi connectivity index (χ2n) is 8.94. The number of amides is 1. The average Bonchev–Trinajstić information content (AvgIpc) is 3.32. The van der Waals surface area contributed by atoms with Gasteiger partial charge < -0.3 is 10.2 Å². The Bertz CT molecular complexity index is 1030. The standard InChI is InChI=1S/C24H31N7O/c32-24(25-16-21-8-4-5-13-30(21)17-19-6-2-1-3-7-19)20-11-14-29(15-12-20)23-10-9-22-27-26-18-31(22)28-23/h1-3,6-7,9-10,18,20-21H,4-5,8,11-17H2,(H,25,32). The van der Waals surface area contributed by atoms with E-state index in [1.165, 1.54) is 18.4 Å². The number of carbonyl (C=O) groups is 1. The van der Waals surface area contributed by atoms with E-state index < -0.39 is 0 Å². The van der Waals surface area contributed by atoms with E-state index in [9.17, 15) is 4.79 Å². The summed E-state index contributed by atoms with van der Waals surface area (Å²) < 4.78 is 1.69. The van der Waals surface area contributed by atoms with Crippen LogP contribution >= 0.6 is 0 Å². The highest BCUT2D eigenvalue weighted by Gasteiger charge is 2.28. The minimum Gasteiger partial charge on any atom is -0.355 e. The predicted molar refractivity (Wildman–Crippen MR) is 123 cm³/mol. The minimum absolute atomic E-state index is 0.0797. The van der Waals surface area contributed by atoms with Gasteiger partial charge in [-0.15, -0.1) is 15.3 Å². The highest BCUT2D eigenvalue weighted by molar-refractivity contribution is 5.79. The molecule has 0 radical (unpaired) electrons. The monoisotopic (exact) mass is 433 g/mol. The highest BCUT2D eigenvalue weighted by Crippen LogP contribution is 2.23. The number of nitrogens with one attached hydrogen (secondary N) is 1. The molecule has 32 heavy (non-hydrogen) atoms. The van der Waals surface area contributed by atoms with Gasteiger partial charge in [-0.3, -0.25) is 9.69 Å². The zero-order chi connectivity index (χ0) is 21.8. The number of piperidine rings is 2. The number of benzene rings is 1. The van der Waals surface area contributed by atoms with E-state index in [4.69, 9.17) is 0 Å². The Morgan fingerprint density at radius 3 is 2.69 bits per heavy atom. The number of hydrogen-bond donors (Lipinski definition) is 1. The fourth-order valence-electron chi connectivity index (χ4n) is 4.94. The molecule has 1 atom stereocenters. The maximum absolute atomic E-state index is 12.9. The Kier molecular flexibility index (Phi) is 6.29. The SMILES string of the molecule is O=C(NCC1CCCCN1Cc1ccccc1)C1CCN(c2ccc3nncn3n2)CC1. The van der Waals surface area contributed by atoms with Gasteiger partial charge in [0.25, 0.3) is 0 Å². The molecule has 1 amide bonds. The predicted octanol–water partition coefficient (Wildman–Crippen LogP) is 2.51. The third kappa shape index (κ3) is 4.75. The average molecular weight is 434 g/mol. The molecule has 0 saturated carbocycles. The fourth-order valence-corrected chi connectivity index (χ4v) is 4.94. The maximum atomic E-state index is 12.9. The van der Waals surface area contributed by atoms with Crippen LogP contribution in [-0.4, -0.2) is 62.8 Å². The third-order valence-corrected chi connectivity index (χ3v) is 6.83. The van der Waals surface area contributed by atoms with E-state index >= 15 is 0 Å². The van der Waals surface area contributed by atoms with Crippen LogP contribution in [0.2, 0.25) is 0 Å². The summed E-state index contributed by atoms with van der Waals surface area (Å²) in [4.78, 5) is 17.7. The lowest BCUT2D eigenvalue weighted by Gasteiger charge is -2.36. The van der Waals surface area contributed by atoms with Crippen LogP contribution in [0.4, 0.5) is 5.82 Å². The number of nitrogens with zero attached hydrogens (tertiary/aromatic N) is 6. The number of hydrogen-bond acceptors (Lipinski definition) is 6. The van der Waals surface area contributed by atoms with E-state index in [0.29, 0.717) is 6.04 Å². The summed E-state index contributed by atoms with van der Waals surface area (Å²) in [5, 5.41) is 15.7. The van der Waals surface area contributed by atoms with Crippen LogP contribution in [0.15, 0.2) is 48.8 Å². The van der Waals surface area contributed by atoms with Gasteiger partial charge in [0.2, 0.25) is 5.91 Å². The summed E-state index contributed by atoms with van der Waals surface area (Å²) in [7, 11) is 0. The lowest BCUT2D eigenvalue weighted by molar-refractivity contribution is -0.125. The number of aromatic nitrogens is 4. The Hall–Kier alpha value is -3.00. The highest BCUT2D eigenvalue weighted by atomic mass is 16.1. The van der Waals surface area contributed by atoms with Gasteiger partial charge in [-0.05, 0) is 49.9 Å². The molecule has 5 rings (SSSR count). The van der Waals surface area contributed by atoms with E-state index in [0.717, 1.165) is 63.5 Å². The second-order valence-corrected chi connectivity index (χ2v) is 8.94. The summed E-state index contributed by atoms with van der Waals surface area (Å²) >= 11 is 0. The van der Waals surface area contributed by atoms with Crippen molar-refractivity contribution in [2.24, 2.45) is 5.92 Å². The van der Waals surface area contributed by atoms with E-state index in [1.807, 2.05) is 12.1 Å². The van der Waals surface area contributed by atoms with Crippen LogP contribution in [0.25, 0.3) is 5.65 Å². The number of rotatable bonds is 6. The van der Waals surface area contributed by atoms with Crippen LogP contribution in [0.5, 0.6) is 0 Å². The van der Waals surface area contributed by atoms with Crippen LogP contribution in [0.3, 0.4) is 0 Å². The first-order valence-corrected chi connectivity index (χ1v) is 11.7. The smallest absolute Gasteiger partial charge is 0.223 e. The van der Waals surface area contributed by atoms with Crippen molar-refractivity contribution in [3.63, 3.8) is 0 Å². The molecule has 2 aliphatic heterocycles. The van der Waals surface area contributed by atoms with E-state index in [1.54, 1.807) is 10.8 Å². The molecule has 2 aliphatic rings. The van der Waals surface area contributed by atoms with Crippen LogP contribution in [-0.2, 0) is 11.3 Å². The van der Waals surface area contributed by atoms with Crippen molar-refractivity contribution in [3.05, 3.63) is 54.4 Å². The van der Waals surface area contributed by atoms with Crippen molar-refractivity contribution in [2.75, 3.05) is 31.1 Å². The maximum Gasteiger partial charge on any atom is 0.223 e. The summed E-state index contributed by atoms with van der Waals surface area (Å²) in [5.41, 5.74) is 2.09. The summed E-state index contributed by atoms with van der Waals surface area (Å²) in [6.07, 6.45) is 6.96. The van der Waals surface area contributed by atoms with Crippen molar-refractivity contribution >= 4 is 17.4 Å². The number of anilines is 1. The van der Waals surface area contributed by atoms with Gasteiger partial charge in [0.1, 0.15) is 12.1 Å². The molecule has 1 unspecified atom stereocenters. The zero-order valence-corrected chi connectivity index (χ0v) is 18.4. The molecular formula is C24H31N7O. The van der Waals surface area contributed by atoms with Crippen molar-refractivity contribution in [3.8, 4) is 0 Å². The summed E-state index contributed by atoms with van der Waals surface area (Å²) in [6, 6.07) is 15.0. The lowest BCUT2D eigenvalue weighted by atomic mass is 9.95. The molecule has 2 aromatic heterocycles. The summed E-state index contributed by atoms with van der Waals surface area (Å²) in [5.74, 6) is 1.20. The summed E-state index contributed by atoms with van der Waals surface area (Å²) in [6.45, 7) is 4.49. The number of likely N-dealkylation sites (tertiary alicyclic amines) is 1. The van der Waals surface area contributed by atoms with Crippen molar-refractivity contribution < 1.29 is 4.79 Å².